The summed E-state index contributed by atoms with van der Waals surface area (Å²) in [6.07, 6.45) is -2.67. The lowest BCUT2D eigenvalue weighted by atomic mass is 9.96. The Morgan fingerprint density at radius 3 is 2.29 bits per heavy atom. The number of nitrogens with zero attached hydrogens (tertiary/aromatic N) is 3. The second-order valence-electron chi connectivity index (χ2n) is 9.95. The van der Waals surface area contributed by atoms with Gasteiger partial charge in [0.1, 0.15) is 0 Å². The SMILES string of the molecule is Cc1cc([C@@H]2[C@H](c3ccccn3)NC(=S)N2c2ccc(C(C)C)cc2)c(C)n1-c1cccc(C(F)(F)F)c1. The lowest BCUT2D eigenvalue weighted by molar-refractivity contribution is -0.137. The van der Waals surface area contributed by atoms with Gasteiger partial charge in [-0.15, -0.1) is 0 Å². The number of benzene rings is 2. The molecule has 0 radical (unpaired) electrons. The number of aryl methyl sites for hydroxylation is 1. The minimum Gasteiger partial charge on any atom is -0.351 e. The highest BCUT2D eigenvalue weighted by Gasteiger charge is 2.42. The molecule has 2 aromatic heterocycles. The number of pyridine rings is 1. The van der Waals surface area contributed by atoms with Crippen LogP contribution in [0.25, 0.3) is 5.69 Å². The largest absolute Gasteiger partial charge is 0.416 e. The first kappa shape index (κ1) is 26.0. The summed E-state index contributed by atoms with van der Waals surface area (Å²) < 4.78 is 42.3. The molecule has 1 aliphatic heterocycles. The molecular weight excluding hydrogens is 505 g/mol. The topological polar surface area (TPSA) is 33.1 Å². The third-order valence-corrected chi connectivity index (χ3v) is 7.47. The Kier molecular flexibility index (Phi) is 6.77. The van der Waals surface area contributed by atoms with E-state index in [1.165, 1.54) is 17.7 Å². The zero-order valence-corrected chi connectivity index (χ0v) is 22.4. The van der Waals surface area contributed by atoms with Gasteiger partial charge in [0, 0.05) is 29.0 Å². The van der Waals surface area contributed by atoms with Crippen molar-refractivity contribution in [2.45, 2.75) is 51.9 Å². The molecule has 8 heteroatoms. The van der Waals surface area contributed by atoms with Gasteiger partial charge in [0.2, 0.25) is 0 Å². The van der Waals surface area contributed by atoms with E-state index in [0.29, 0.717) is 16.7 Å². The van der Waals surface area contributed by atoms with E-state index in [9.17, 15) is 13.2 Å². The fourth-order valence-electron chi connectivity index (χ4n) is 5.27. The van der Waals surface area contributed by atoms with Crippen LogP contribution >= 0.6 is 12.2 Å². The van der Waals surface area contributed by atoms with Crippen LogP contribution in [0.1, 0.15) is 65.6 Å². The Bertz CT molecular complexity index is 1460. The molecule has 0 spiro atoms. The second kappa shape index (κ2) is 9.91. The Morgan fingerprint density at radius 1 is 0.921 bits per heavy atom. The van der Waals surface area contributed by atoms with Crippen molar-refractivity contribution in [3.05, 3.63) is 113 Å². The van der Waals surface area contributed by atoms with Crippen LogP contribution in [0.3, 0.4) is 0 Å². The lowest BCUT2D eigenvalue weighted by Gasteiger charge is -2.28. The molecule has 0 saturated carbocycles. The van der Waals surface area contributed by atoms with E-state index in [-0.39, 0.29) is 12.1 Å². The maximum Gasteiger partial charge on any atom is 0.416 e. The normalized spacial score (nSPS) is 17.8. The Labute approximate surface area is 226 Å². The van der Waals surface area contributed by atoms with Gasteiger partial charge in [0.05, 0.1) is 23.3 Å². The summed E-state index contributed by atoms with van der Waals surface area (Å²) in [5.41, 5.74) is 5.46. The van der Waals surface area contributed by atoms with Crippen LogP contribution in [0.4, 0.5) is 18.9 Å². The van der Waals surface area contributed by atoms with Crippen LogP contribution < -0.4 is 10.2 Å². The highest BCUT2D eigenvalue weighted by molar-refractivity contribution is 7.80. The molecule has 0 aliphatic carbocycles. The third-order valence-electron chi connectivity index (χ3n) is 7.16. The highest BCUT2D eigenvalue weighted by atomic mass is 32.1. The first-order valence-electron chi connectivity index (χ1n) is 12.5. The average molecular weight is 535 g/mol. The van der Waals surface area contributed by atoms with Gasteiger partial charge in [-0.1, -0.05) is 38.1 Å². The molecule has 38 heavy (non-hydrogen) atoms. The molecule has 2 atom stereocenters. The van der Waals surface area contributed by atoms with E-state index >= 15 is 0 Å². The smallest absolute Gasteiger partial charge is 0.351 e. The molecular formula is C30H29F3N4S. The van der Waals surface area contributed by atoms with Gasteiger partial charge in [-0.25, -0.2) is 0 Å². The molecule has 2 aromatic carbocycles. The van der Waals surface area contributed by atoms with Gasteiger partial charge in [-0.3, -0.25) is 4.98 Å². The zero-order chi connectivity index (χ0) is 27.2. The van der Waals surface area contributed by atoms with Crippen molar-refractivity contribution in [2.24, 2.45) is 0 Å². The van der Waals surface area contributed by atoms with Crippen LogP contribution in [-0.2, 0) is 6.18 Å². The van der Waals surface area contributed by atoms with E-state index in [1.54, 1.807) is 12.3 Å². The monoisotopic (exact) mass is 534 g/mol. The maximum atomic E-state index is 13.5. The first-order chi connectivity index (χ1) is 18.1. The zero-order valence-electron chi connectivity index (χ0n) is 21.6. The minimum absolute atomic E-state index is 0.246. The fraction of sp³-hybridized carbons (Fsp3) is 0.267. The Hall–Kier alpha value is -3.65. The number of anilines is 1. The van der Waals surface area contributed by atoms with Gasteiger partial charge >= 0.3 is 6.18 Å². The van der Waals surface area contributed by atoms with Gasteiger partial charge in [0.25, 0.3) is 0 Å². The standard InChI is InChI=1S/C30H29F3N4S/c1-18(2)21-11-13-23(14-12-21)37-28(27(35-29(37)38)26-10-5-6-15-34-26)25-16-19(3)36(20(25)4)24-9-7-8-22(17-24)30(31,32)33/h5-18,27-28H,1-4H3,(H,35,38)/t27-,28+/m0/s1. The number of aromatic nitrogens is 2. The number of halogens is 3. The Morgan fingerprint density at radius 2 is 1.66 bits per heavy atom. The van der Waals surface area contributed by atoms with Crippen molar-refractivity contribution in [1.29, 1.82) is 0 Å². The molecule has 5 rings (SSSR count). The molecule has 196 valence electrons. The highest BCUT2D eigenvalue weighted by Crippen LogP contribution is 2.44. The van der Waals surface area contributed by atoms with E-state index < -0.39 is 11.7 Å². The van der Waals surface area contributed by atoms with Crippen molar-refractivity contribution in [3.63, 3.8) is 0 Å². The number of alkyl halides is 3. The van der Waals surface area contributed by atoms with Crippen molar-refractivity contribution in [1.82, 2.24) is 14.9 Å². The van der Waals surface area contributed by atoms with Crippen LogP contribution in [0.5, 0.6) is 0 Å². The molecule has 4 nitrogen and oxygen atoms in total. The van der Waals surface area contributed by atoms with Crippen molar-refractivity contribution >= 4 is 23.0 Å². The van der Waals surface area contributed by atoms with Crippen LogP contribution in [0.15, 0.2) is 79.0 Å². The maximum absolute atomic E-state index is 13.5. The van der Waals surface area contributed by atoms with E-state index in [2.05, 4.69) is 53.3 Å². The molecule has 4 aromatic rings. The predicted octanol–water partition coefficient (Wildman–Crippen LogP) is 7.81. The van der Waals surface area contributed by atoms with Crippen LogP contribution in [0.2, 0.25) is 0 Å². The predicted molar refractivity (Wildman–Crippen MR) is 149 cm³/mol. The number of hydrogen-bond acceptors (Lipinski definition) is 2. The first-order valence-corrected chi connectivity index (χ1v) is 12.9. The quantitative estimate of drug-likeness (QED) is 0.265. The minimum atomic E-state index is -4.42. The molecule has 1 N–H and O–H groups in total. The molecule has 1 fully saturated rings. The van der Waals surface area contributed by atoms with Crippen LogP contribution in [0, 0.1) is 13.8 Å². The van der Waals surface area contributed by atoms with Gasteiger partial charge in [-0.2, -0.15) is 13.2 Å². The lowest BCUT2D eigenvalue weighted by Crippen LogP contribution is -2.29. The molecule has 0 bridgehead atoms. The molecule has 1 aliphatic rings. The van der Waals surface area contributed by atoms with E-state index in [0.717, 1.165) is 34.4 Å². The Balaban J connectivity index is 1.65. The van der Waals surface area contributed by atoms with Crippen LogP contribution in [-0.4, -0.2) is 14.7 Å². The third kappa shape index (κ3) is 4.69. The number of nitrogens with one attached hydrogen (secondary N) is 1. The summed E-state index contributed by atoms with van der Waals surface area (Å²) in [6, 6.07) is 21.1. The summed E-state index contributed by atoms with van der Waals surface area (Å²) in [5.74, 6) is 0.399. The molecule has 3 heterocycles. The number of hydrogen-bond donors (Lipinski definition) is 1. The van der Waals surface area contributed by atoms with Crippen molar-refractivity contribution < 1.29 is 13.2 Å². The molecule has 0 unspecified atom stereocenters. The summed E-state index contributed by atoms with van der Waals surface area (Å²) in [5, 5.41) is 4.04. The van der Waals surface area contributed by atoms with E-state index in [4.69, 9.17) is 12.2 Å². The van der Waals surface area contributed by atoms with Gasteiger partial charge < -0.3 is 14.8 Å². The average Bonchev–Trinajstić information content (AvgIpc) is 3.39. The van der Waals surface area contributed by atoms with Gasteiger partial charge in [0.15, 0.2) is 5.11 Å². The summed E-state index contributed by atoms with van der Waals surface area (Å²) >= 11 is 5.85. The second-order valence-corrected chi connectivity index (χ2v) is 10.3. The fourth-order valence-corrected chi connectivity index (χ4v) is 5.62. The van der Waals surface area contributed by atoms with Gasteiger partial charge in [-0.05, 0) is 91.6 Å². The number of thiocarbonyl (C=S) groups is 1. The summed E-state index contributed by atoms with van der Waals surface area (Å²) in [4.78, 5) is 6.71. The summed E-state index contributed by atoms with van der Waals surface area (Å²) in [6.45, 7) is 8.16. The van der Waals surface area contributed by atoms with Crippen molar-refractivity contribution in [3.8, 4) is 5.69 Å². The molecule has 1 saturated heterocycles. The van der Waals surface area contributed by atoms with E-state index in [1.807, 2.05) is 42.7 Å². The molecule has 0 amide bonds. The van der Waals surface area contributed by atoms with Crippen molar-refractivity contribution in [2.75, 3.05) is 4.90 Å². The number of rotatable bonds is 5. The summed E-state index contributed by atoms with van der Waals surface area (Å²) in [7, 11) is 0.